The first-order valence-electron chi connectivity index (χ1n) is 8.68. The van der Waals surface area contributed by atoms with Crippen LogP contribution in [-0.4, -0.2) is 35.4 Å². The molecule has 7 heteroatoms. The van der Waals surface area contributed by atoms with E-state index < -0.39 is 0 Å². The minimum Gasteiger partial charge on any atom is -0.319 e. The number of nitrogens with zero attached hydrogens (tertiary/aromatic N) is 3. The van der Waals surface area contributed by atoms with Crippen LogP contribution in [0.5, 0.6) is 0 Å². The molecule has 0 unspecified atom stereocenters. The van der Waals surface area contributed by atoms with E-state index in [4.69, 9.17) is 0 Å². The predicted molar refractivity (Wildman–Crippen MR) is 103 cm³/mol. The number of hydrogen-bond donors (Lipinski definition) is 1. The molecule has 0 radical (unpaired) electrons. The molecule has 1 aliphatic rings. The maximum atomic E-state index is 12.8. The largest absolute Gasteiger partial charge is 0.319 e. The Morgan fingerprint density at radius 3 is 2.59 bits per heavy atom. The minimum absolute atomic E-state index is 0.00610. The van der Waals surface area contributed by atoms with Crippen LogP contribution in [0, 0.1) is 0 Å². The highest BCUT2D eigenvalue weighted by Gasteiger charge is 2.30. The second-order valence-electron chi connectivity index (χ2n) is 6.45. The first-order valence-corrected chi connectivity index (χ1v) is 8.68. The molecule has 3 aromatic rings. The van der Waals surface area contributed by atoms with Gasteiger partial charge in [0.2, 0.25) is 11.8 Å². The van der Waals surface area contributed by atoms with Crippen molar-refractivity contribution in [2.45, 2.75) is 12.8 Å². The van der Waals surface area contributed by atoms with Crippen molar-refractivity contribution in [1.82, 2.24) is 9.97 Å². The van der Waals surface area contributed by atoms with Gasteiger partial charge in [-0.1, -0.05) is 24.3 Å². The van der Waals surface area contributed by atoms with Gasteiger partial charge >= 0.3 is 0 Å². The number of fused-ring (bicyclic) bond motifs is 2. The van der Waals surface area contributed by atoms with E-state index in [1.54, 1.807) is 18.0 Å². The summed E-state index contributed by atoms with van der Waals surface area (Å²) in [5, 5.41) is 0. The molecule has 4 rings (SSSR count). The summed E-state index contributed by atoms with van der Waals surface area (Å²) >= 11 is 0. The molecule has 7 nitrogen and oxygen atoms in total. The number of aromatic amines is 1. The molecular formula is C20H18N4O3. The van der Waals surface area contributed by atoms with Crippen LogP contribution >= 0.6 is 0 Å². The quantitative estimate of drug-likeness (QED) is 0.771. The SMILES string of the molecule is CN1C(=O)CN(C(=O)CCc2nc3ccccc3[nH]c2=O)c2ccccc21. The Balaban J connectivity index is 1.57. The monoisotopic (exact) mass is 362 g/mol. The van der Waals surface area contributed by atoms with Gasteiger partial charge in [-0.05, 0) is 24.3 Å². The second-order valence-corrected chi connectivity index (χ2v) is 6.45. The molecule has 1 N–H and O–H groups in total. The van der Waals surface area contributed by atoms with Crippen molar-refractivity contribution < 1.29 is 9.59 Å². The van der Waals surface area contributed by atoms with E-state index >= 15 is 0 Å². The summed E-state index contributed by atoms with van der Waals surface area (Å²) in [6, 6.07) is 14.5. The number of nitrogens with one attached hydrogen (secondary N) is 1. The Hall–Kier alpha value is -3.48. The van der Waals surface area contributed by atoms with E-state index in [9.17, 15) is 14.4 Å². The van der Waals surface area contributed by atoms with Gasteiger partial charge in [0.05, 0.1) is 22.4 Å². The molecular weight excluding hydrogens is 344 g/mol. The third-order valence-corrected chi connectivity index (χ3v) is 4.75. The third-order valence-electron chi connectivity index (χ3n) is 4.75. The lowest BCUT2D eigenvalue weighted by molar-refractivity contribution is -0.122. The van der Waals surface area contributed by atoms with E-state index in [-0.39, 0.29) is 36.8 Å². The molecule has 0 spiro atoms. The van der Waals surface area contributed by atoms with Gasteiger partial charge in [-0.25, -0.2) is 4.98 Å². The number of rotatable bonds is 3. The van der Waals surface area contributed by atoms with Gasteiger partial charge in [0.15, 0.2) is 0 Å². The van der Waals surface area contributed by atoms with Crippen molar-refractivity contribution >= 4 is 34.2 Å². The number of benzene rings is 2. The number of aromatic nitrogens is 2. The number of anilines is 2. The molecule has 2 aromatic carbocycles. The zero-order chi connectivity index (χ0) is 19.0. The first kappa shape index (κ1) is 17.0. The molecule has 0 saturated heterocycles. The highest BCUT2D eigenvalue weighted by molar-refractivity contribution is 6.10. The number of amides is 2. The number of carbonyl (C=O) groups excluding carboxylic acids is 2. The average molecular weight is 362 g/mol. The lowest BCUT2D eigenvalue weighted by Crippen LogP contribution is -2.46. The number of carbonyl (C=O) groups is 2. The van der Waals surface area contributed by atoms with Gasteiger partial charge in [0, 0.05) is 19.9 Å². The molecule has 136 valence electrons. The first-order chi connectivity index (χ1) is 13.0. The van der Waals surface area contributed by atoms with Crippen LogP contribution in [0.2, 0.25) is 0 Å². The highest BCUT2D eigenvalue weighted by atomic mass is 16.2. The van der Waals surface area contributed by atoms with Gasteiger partial charge in [0.1, 0.15) is 12.2 Å². The van der Waals surface area contributed by atoms with E-state index in [0.717, 1.165) is 0 Å². The number of aryl methyl sites for hydroxylation is 1. The topological polar surface area (TPSA) is 86.4 Å². The van der Waals surface area contributed by atoms with Gasteiger partial charge in [-0.3, -0.25) is 14.4 Å². The van der Waals surface area contributed by atoms with Gasteiger partial charge < -0.3 is 14.8 Å². The molecule has 2 heterocycles. The number of H-pyrrole nitrogens is 1. The Morgan fingerprint density at radius 2 is 1.78 bits per heavy atom. The zero-order valence-electron chi connectivity index (χ0n) is 14.8. The minimum atomic E-state index is -0.295. The van der Waals surface area contributed by atoms with Gasteiger partial charge in [-0.2, -0.15) is 0 Å². The van der Waals surface area contributed by atoms with Crippen LogP contribution in [0.25, 0.3) is 11.0 Å². The van der Waals surface area contributed by atoms with Crippen LogP contribution in [0.15, 0.2) is 53.3 Å². The van der Waals surface area contributed by atoms with Crippen molar-refractivity contribution in [2.24, 2.45) is 0 Å². The molecule has 0 bridgehead atoms. The molecule has 0 aliphatic carbocycles. The fraction of sp³-hybridized carbons (Fsp3) is 0.200. The van der Waals surface area contributed by atoms with Crippen LogP contribution in [-0.2, 0) is 16.0 Å². The predicted octanol–water partition coefficient (Wildman–Crippen LogP) is 1.87. The lowest BCUT2D eigenvalue weighted by atomic mass is 10.1. The Bertz CT molecular complexity index is 1110. The molecule has 0 saturated carbocycles. The molecule has 2 amide bonds. The molecule has 0 atom stereocenters. The van der Waals surface area contributed by atoms with E-state index in [1.165, 1.54) is 4.90 Å². The van der Waals surface area contributed by atoms with E-state index in [0.29, 0.717) is 28.1 Å². The molecule has 1 aromatic heterocycles. The summed E-state index contributed by atoms with van der Waals surface area (Å²) in [7, 11) is 1.70. The summed E-state index contributed by atoms with van der Waals surface area (Å²) in [4.78, 5) is 47.4. The zero-order valence-corrected chi connectivity index (χ0v) is 14.8. The summed E-state index contributed by atoms with van der Waals surface area (Å²) in [6.07, 6.45) is 0.307. The smallest absolute Gasteiger partial charge is 0.270 e. The molecule has 0 fully saturated rings. The molecule has 27 heavy (non-hydrogen) atoms. The second kappa shape index (κ2) is 6.68. The van der Waals surface area contributed by atoms with Crippen molar-refractivity contribution in [3.05, 3.63) is 64.6 Å². The molecule has 1 aliphatic heterocycles. The van der Waals surface area contributed by atoms with Crippen molar-refractivity contribution in [2.75, 3.05) is 23.4 Å². The maximum Gasteiger partial charge on any atom is 0.270 e. The number of para-hydroxylation sites is 4. The maximum absolute atomic E-state index is 12.8. The van der Waals surface area contributed by atoms with Gasteiger partial charge in [-0.15, -0.1) is 0 Å². The Morgan fingerprint density at radius 1 is 1.07 bits per heavy atom. The van der Waals surface area contributed by atoms with Crippen LogP contribution in [0.3, 0.4) is 0 Å². The van der Waals surface area contributed by atoms with Crippen molar-refractivity contribution in [3.63, 3.8) is 0 Å². The van der Waals surface area contributed by atoms with Crippen LogP contribution in [0.4, 0.5) is 11.4 Å². The van der Waals surface area contributed by atoms with E-state index in [1.807, 2.05) is 42.5 Å². The summed E-state index contributed by atoms with van der Waals surface area (Å²) in [5.41, 5.74) is 2.76. The van der Waals surface area contributed by atoms with E-state index in [2.05, 4.69) is 9.97 Å². The van der Waals surface area contributed by atoms with Crippen LogP contribution < -0.4 is 15.4 Å². The summed E-state index contributed by atoms with van der Waals surface area (Å²) < 4.78 is 0. The highest BCUT2D eigenvalue weighted by Crippen LogP contribution is 2.32. The Labute approximate surface area is 155 Å². The third kappa shape index (κ3) is 3.08. The normalized spacial score (nSPS) is 13.7. The summed E-state index contributed by atoms with van der Waals surface area (Å²) in [6.45, 7) is -0.00610. The van der Waals surface area contributed by atoms with Crippen molar-refractivity contribution in [3.8, 4) is 0 Å². The summed E-state index contributed by atoms with van der Waals surface area (Å²) in [5.74, 6) is -0.359. The number of likely N-dealkylation sites (N-methyl/N-ethyl adjacent to an activating group) is 1. The average Bonchev–Trinajstić information content (AvgIpc) is 2.69. The number of hydrogen-bond acceptors (Lipinski definition) is 4. The van der Waals surface area contributed by atoms with Crippen LogP contribution in [0.1, 0.15) is 12.1 Å². The Kier molecular flexibility index (Phi) is 4.19. The standard InChI is InChI=1S/C20H18N4O3/c1-23-16-8-4-5-9-17(16)24(12-19(23)26)18(25)11-10-15-20(27)22-14-7-3-2-6-13(14)21-15/h2-9H,10-12H2,1H3,(H,22,27). The lowest BCUT2D eigenvalue weighted by Gasteiger charge is -2.34. The van der Waals surface area contributed by atoms with Gasteiger partial charge in [0.25, 0.3) is 5.56 Å². The fourth-order valence-corrected chi connectivity index (χ4v) is 3.26. The van der Waals surface area contributed by atoms with Crippen molar-refractivity contribution in [1.29, 1.82) is 0 Å². The fourth-order valence-electron chi connectivity index (χ4n) is 3.26.